The van der Waals surface area contributed by atoms with Crippen LogP contribution in [0, 0.1) is 0 Å². The van der Waals surface area contributed by atoms with Gasteiger partial charge in [-0.3, -0.25) is 0 Å². The molecule has 1 aromatic heterocycles. The molecule has 1 heterocycles. The minimum atomic E-state index is 0.0304. The van der Waals surface area contributed by atoms with Crippen molar-refractivity contribution >= 4 is 11.3 Å². The fourth-order valence-electron chi connectivity index (χ4n) is 0.957. The van der Waals surface area contributed by atoms with Gasteiger partial charge in [-0.2, -0.15) is 0 Å². The maximum atomic E-state index is 5.70. The van der Waals surface area contributed by atoms with Crippen molar-refractivity contribution in [2.24, 2.45) is 5.73 Å². The van der Waals surface area contributed by atoms with Crippen molar-refractivity contribution in [3.63, 3.8) is 0 Å². The van der Waals surface area contributed by atoms with Gasteiger partial charge in [0.2, 0.25) is 0 Å². The summed E-state index contributed by atoms with van der Waals surface area (Å²) in [5, 5.41) is 3.12. The molecule has 0 saturated carbocycles. The lowest BCUT2D eigenvalue weighted by Gasteiger charge is -2.05. The highest BCUT2D eigenvalue weighted by Crippen LogP contribution is 2.16. The van der Waals surface area contributed by atoms with Gasteiger partial charge in [-0.05, 0) is 13.8 Å². The molecule has 2 N–H and O–H groups in total. The molecule has 1 rings (SSSR count). The number of rotatable bonds is 4. The number of hydrogen-bond donors (Lipinski definition) is 1. The number of hydrogen-bond acceptors (Lipinski definition) is 4. The van der Waals surface area contributed by atoms with Gasteiger partial charge >= 0.3 is 0 Å². The Balaban J connectivity index is 2.58. The number of ether oxygens (including phenoxy) is 1. The van der Waals surface area contributed by atoms with Gasteiger partial charge < -0.3 is 10.5 Å². The van der Waals surface area contributed by atoms with Crippen LogP contribution >= 0.6 is 11.3 Å². The molecule has 2 atom stereocenters. The predicted molar refractivity (Wildman–Crippen MR) is 54.9 cm³/mol. The molecule has 2 unspecified atom stereocenters. The minimum absolute atomic E-state index is 0.0304. The Morgan fingerprint density at radius 1 is 1.62 bits per heavy atom. The fourth-order valence-corrected chi connectivity index (χ4v) is 1.97. The zero-order chi connectivity index (χ0) is 9.84. The van der Waals surface area contributed by atoms with Crippen molar-refractivity contribution in [2.75, 3.05) is 7.11 Å². The number of nitrogens with two attached hydrogens (primary N) is 1. The second kappa shape index (κ2) is 4.69. The first-order chi connectivity index (χ1) is 6.13. The summed E-state index contributed by atoms with van der Waals surface area (Å²) in [5.41, 5.74) is 6.68. The first-order valence-corrected chi connectivity index (χ1v) is 5.24. The number of thiazole rings is 1. The van der Waals surface area contributed by atoms with Gasteiger partial charge in [0, 0.05) is 25.0 Å². The van der Waals surface area contributed by atoms with E-state index < -0.39 is 0 Å². The second-order valence-electron chi connectivity index (χ2n) is 3.21. The van der Waals surface area contributed by atoms with Crippen molar-refractivity contribution in [3.05, 3.63) is 16.1 Å². The molecule has 13 heavy (non-hydrogen) atoms. The van der Waals surface area contributed by atoms with E-state index in [0.29, 0.717) is 0 Å². The summed E-state index contributed by atoms with van der Waals surface area (Å²) < 4.78 is 5.16. The lowest BCUT2D eigenvalue weighted by Crippen LogP contribution is -2.09. The van der Waals surface area contributed by atoms with Gasteiger partial charge in [0.1, 0.15) is 0 Å². The Morgan fingerprint density at radius 3 is 2.77 bits per heavy atom. The van der Waals surface area contributed by atoms with E-state index in [1.807, 2.05) is 19.2 Å². The molecular formula is C9H16N2OS. The third kappa shape index (κ3) is 3.06. The molecule has 3 nitrogen and oxygen atoms in total. The van der Waals surface area contributed by atoms with Crippen molar-refractivity contribution < 1.29 is 4.74 Å². The average Bonchev–Trinajstić information content (AvgIpc) is 2.52. The average molecular weight is 200 g/mol. The van der Waals surface area contributed by atoms with E-state index in [9.17, 15) is 0 Å². The molecule has 0 spiro atoms. The first kappa shape index (κ1) is 10.6. The Bertz CT molecular complexity index is 260. The Hall–Kier alpha value is -0.450. The topological polar surface area (TPSA) is 48.1 Å². The van der Waals surface area contributed by atoms with Crippen LogP contribution < -0.4 is 5.73 Å². The highest BCUT2D eigenvalue weighted by atomic mass is 32.1. The first-order valence-electron chi connectivity index (χ1n) is 4.36. The van der Waals surface area contributed by atoms with E-state index in [-0.39, 0.29) is 12.1 Å². The van der Waals surface area contributed by atoms with Crippen LogP contribution in [0.2, 0.25) is 0 Å². The maximum Gasteiger partial charge on any atom is 0.0954 e. The van der Waals surface area contributed by atoms with E-state index in [0.717, 1.165) is 17.1 Å². The molecule has 0 bridgehead atoms. The molecule has 74 valence electrons. The highest BCUT2D eigenvalue weighted by molar-refractivity contribution is 7.09. The smallest absolute Gasteiger partial charge is 0.0954 e. The van der Waals surface area contributed by atoms with Crippen LogP contribution in [0.3, 0.4) is 0 Å². The number of methoxy groups -OCH3 is 1. The maximum absolute atomic E-state index is 5.70. The van der Waals surface area contributed by atoms with Crippen LogP contribution in [0.4, 0.5) is 0 Å². The molecule has 0 saturated heterocycles. The van der Waals surface area contributed by atoms with Crippen molar-refractivity contribution in [2.45, 2.75) is 32.4 Å². The van der Waals surface area contributed by atoms with Crippen LogP contribution in [0.25, 0.3) is 0 Å². The summed E-state index contributed by atoms with van der Waals surface area (Å²) in [5.74, 6) is 0. The molecule has 0 aliphatic heterocycles. The van der Waals surface area contributed by atoms with Crippen molar-refractivity contribution in [1.29, 1.82) is 0 Å². The minimum Gasteiger partial charge on any atom is -0.381 e. The van der Waals surface area contributed by atoms with Crippen LogP contribution in [-0.4, -0.2) is 18.2 Å². The molecule has 0 radical (unpaired) electrons. The van der Waals surface area contributed by atoms with E-state index in [1.165, 1.54) is 0 Å². The summed E-state index contributed by atoms with van der Waals surface area (Å²) in [6, 6.07) is 0.0304. The Morgan fingerprint density at radius 2 is 2.31 bits per heavy atom. The summed E-state index contributed by atoms with van der Waals surface area (Å²) in [6.45, 7) is 3.98. The molecule has 0 aromatic carbocycles. The lowest BCUT2D eigenvalue weighted by molar-refractivity contribution is 0.118. The van der Waals surface area contributed by atoms with E-state index >= 15 is 0 Å². The lowest BCUT2D eigenvalue weighted by atomic mass is 10.3. The van der Waals surface area contributed by atoms with Crippen LogP contribution in [0.15, 0.2) is 5.38 Å². The van der Waals surface area contributed by atoms with E-state index in [1.54, 1.807) is 18.4 Å². The van der Waals surface area contributed by atoms with Gasteiger partial charge in [-0.15, -0.1) is 11.3 Å². The SMILES string of the molecule is COC(C)Cc1nc(C(C)N)cs1. The molecule has 4 heteroatoms. The van der Waals surface area contributed by atoms with Crippen molar-refractivity contribution in [1.82, 2.24) is 4.98 Å². The molecule has 1 aromatic rings. The van der Waals surface area contributed by atoms with Gasteiger partial charge in [0.25, 0.3) is 0 Å². The number of aromatic nitrogens is 1. The van der Waals surface area contributed by atoms with Crippen LogP contribution in [0.5, 0.6) is 0 Å². The largest absolute Gasteiger partial charge is 0.381 e. The summed E-state index contributed by atoms with van der Waals surface area (Å²) >= 11 is 1.65. The number of nitrogens with zero attached hydrogens (tertiary/aromatic N) is 1. The van der Waals surface area contributed by atoms with E-state index in [4.69, 9.17) is 10.5 Å². The van der Waals surface area contributed by atoms with Crippen molar-refractivity contribution in [3.8, 4) is 0 Å². The van der Waals surface area contributed by atoms with Crippen LogP contribution in [0.1, 0.15) is 30.6 Å². The quantitative estimate of drug-likeness (QED) is 0.805. The standard InChI is InChI=1S/C9H16N2OS/c1-6(12-3)4-9-11-8(5-13-9)7(2)10/h5-7H,4,10H2,1-3H3. The Kier molecular flexibility index (Phi) is 3.84. The van der Waals surface area contributed by atoms with Gasteiger partial charge in [0.15, 0.2) is 0 Å². The van der Waals surface area contributed by atoms with Gasteiger partial charge in [0.05, 0.1) is 16.8 Å². The second-order valence-corrected chi connectivity index (χ2v) is 4.15. The summed E-state index contributed by atoms with van der Waals surface area (Å²) in [7, 11) is 1.71. The molecule has 0 aliphatic rings. The molecular weight excluding hydrogens is 184 g/mol. The van der Waals surface area contributed by atoms with Gasteiger partial charge in [-0.1, -0.05) is 0 Å². The monoisotopic (exact) mass is 200 g/mol. The molecule has 0 aliphatic carbocycles. The summed E-state index contributed by atoms with van der Waals surface area (Å²) in [4.78, 5) is 4.41. The van der Waals surface area contributed by atoms with Crippen LogP contribution in [-0.2, 0) is 11.2 Å². The fraction of sp³-hybridized carbons (Fsp3) is 0.667. The van der Waals surface area contributed by atoms with E-state index in [2.05, 4.69) is 4.98 Å². The molecule has 0 amide bonds. The van der Waals surface area contributed by atoms with Gasteiger partial charge in [-0.25, -0.2) is 4.98 Å². The Labute approximate surface area is 82.9 Å². The zero-order valence-corrected chi connectivity index (χ0v) is 9.10. The summed E-state index contributed by atoms with van der Waals surface area (Å²) in [6.07, 6.45) is 1.10. The molecule has 0 fully saturated rings. The third-order valence-corrected chi connectivity index (χ3v) is 2.79. The third-order valence-electron chi connectivity index (χ3n) is 1.90. The highest BCUT2D eigenvalue weighted by Gasteiger charge is 2.08. The normalized spacial score (nSPS) is 15.7. The predicted octanol–water partition coefficient (Wildman–Crippen LogP) is 1.74. The zero-order valence-electron chi connectivity index (χ0n) is 8.28.